The normalized spacial score (nSPS) is 22.5. The fourth-order valence-corrected chi connectivity index (χ4v) is 3.79. The van der Waals surface area contributed by atoms with Gasteiger partial charge in [-0.15, -0.1) is 0 Å². The molecular formula is C15H24N2O2S. The lowest BCUT2D eigenvalue weighted by Crippen LogP contribution is -2.43. The van der Waals surface area contributed by atoms with Crippen LogP contribution in [0.25, 0.3) is 0 Å². The van der Waals surface area contributed by atoms with E-state index in [1.807, 2.05) is 12.1 Å². The molecule has 0 radical (unpaired) electrons. The number of rotatable bonds is 7. The maximum Gasteiger partial charge on any atom is 0.240 e. The maximum absolute atomic E-state index is 12.2. The Hall–Kier alpha value is -0.910. The van der Waals surface area contributed by atoms with Crippen LogP contribution in [0.5, 0.6) is 0 Å². The van der Waals surface area contributed by atoms with Crippen molar-refractivity contribution in [3.63, 3.8) is 0 Å². The first kappa shape index (κ1) is 15.5. The van der Waals surface area contributed by atoms with E-state index in [-0.39, 0.29) is 6.04 Å². The number of hydrogen-bond acceptors (Lipinski definition) is 3. The lowest BCUT2D eigenvalue weighted by molar-refractivity contribution is 0.270. The van der Waals surface area contributed by atoms with Crippen LogP contribution in [0.3, 0.4) is 0 Å². The molecule has 2 N–H and O–H groups in total. The van der Waals surface area contributed by atoms with E-state index in [2.05, 4.69) is 23.9 Å². The Kier molecular flexibility index (Phi) is 5.18. The third-order valence-electron chi connectivity index (χ3n) is 3.77. The summed E-state index contributed by atoms with van der Waals surface area (Å²) in [7, 11) is -3.35. The van der Waals surface area contributed by atoms with Gasteiger partial charge in [-0.1, -0.05) is 26.0 Å². The lowest BCUT2D eigenvalue weighted by Gasteiger charge is -2.32. The maximum atomic E-state index is 12.2. The number of hydrogen-bond donors (Lipinski definition) is 2. The third-order valence-corrected chi connectivity index (χ3v) is 5.31. The lowest BCUT2D eigenvalue weighted by atomic mass is 9.83. The first-order valence-electron chi connectivity index (χ1n) is 7.33. The molecule has 0 atom stereocenters. The highest BCUT2D eigenvalue weighted by molar-refractivity contribution is 7.89. The molecule has 0 bridgehead atoms. The van der Waals surface area contributed by atoms with Crippen LogP contribution in [0.1, 0.15) is 32.3 Å². The molecule has 2 rings (SSSR count). The molecule has 1 aromatic rings. The van der Waals surface area contributed by atoms with Crippen molar-refractivity contribution in [3.8, 4) is 0 Å². The predicted molar refractivity (Wildman–Crippen MR) is 81.2 cm³/mol. The molecule has 0 saturated heterocycles. The molecule has 5 heteroatoms. The topological polar surface area (TPSA) is 58.2 Å². The standard InChI is InChI=1S/C15H24N2O2S/c1-3-16-9-8-13-4-6-15(7-5-13)20(18,19)17-14-10-12(2)11-14/h4-7,12,14,16-17H,3,8-11H2,1-2H3. The van der Waals surface area contributed by atoms with Gasteiger partial charge in [0.1, 0.15) is 0 Å². The van der Waals surface area contributed by atoms with Gasteiger partial charge >= 0.3 is 0 Å². The highest BCUT2D eigenvalue weighted by atomic mass is 32.2. The third kappa shape index (κ3) is 4.04. The van der Waals surface area contributed by atoms with Crippen LogP contribution in [-0.4, -0.2) is 27.5 Å². The zero-order chi connectivity index (χ0) is 14.6. The number of sulfonamides is 1. The van der Waals surface area contributed by atoms with Crippen LogP contribution in [0.15, 0.2) is 29.2 Å². The minimum Gasteiger partial charge on any atom is -0.317 e. The monoisotopic (exact) mass is 296 g/mol. The SMILES string of the molecule is CCNCCc1ccc(S(=O)(=O)NC2CC(C)C2)cc1. The van der Waals surface area contributed by atoms with Gasteiger partial charge in [-0.3, -0.25) is 0 Å². The van der Waals surface area contributed by atoms with E-state index in [9.17, 15) is 8.42 Å². The van der Waals surface area contributed by atoms with Gasteiger partial charge in [0.15, 0.2) is 0 Å². The molecule has 1 fully saturated rings. The summed E-state index contributed by atoms with van der Waals surface area (Å²) < 4.78 is 27.2. The van der Waals surface area contributed by atoms with Crippen LogP contribution in [0.2, 0.25) is 0 Å². The summed E-state index contributed by atoms with van der Waals surface area (Å²) in [6.45, 7) is 6.09. The van der Waals surface area contributed by atoms with Gasteiger partial charge in [0.05, 0.1) is 4.90 Å². The van der Waals surface area contributed by atoms with Crippen molar-refractivity contribution in [1.82, 2.24) is 10.0 Å². The molecule has 112 valence electrons. The van der Waals surface area contributed by atoms with Crippen molar-refractivity contribution in [2.75, 3.05) is 13.1 Å². The van der Waals surface area contributed by atoms with Crippen LogP contribution in [0, 0.1) is 5.92 Å². The highest BCUT2D eigenvalue weighted by Crippen LogP contribution is 2.27. The van der Waals surface area contributed by atoms with Crippen LogP contribution in [-0.2, 0) is 16.4 Å². The van der Waals surface area contributed by atoms with Gasteiger partial charge in [0.2, 0.25) is 10.0 Å². The molecule has 20 heavy (non-hydrogen) atoms. The fourth-order valence-electron chi connectivity index (χ4n) is 2.53. The average Bonchev–Trinajstić information content (AvgIpc) is 2.38. The van der Waals surface area contributed by atoms with Gasteiger partial charge in [0.25, 0.3) is 0 Å². The molecule has 0 unspecified atom stereocenters. The van der Waals surface area contributed by atoms with Gasteiger partial charge in [-0.05, 0) is 56.0 Å². The van der Waals surface area contributed by atoms with Crippen LogP contribution in [0.4, 0.5) is 0 Å². The smallest absolute Gasteiger partial charge is 0.240 e. The van der Waals surface area contributed by atoms with Gasteiger partial charge in [0, 0.05) is 6.04 Å². The second-order valence-corrected chi connectivity index (χ2v) is 7.36. The summed E-state index contributed by atoms with van der Waals surface area (Å²) >= 11 is 0. The average molecular weight is 296 g/mol. The van der Waals surface area contributed by atoms with E-state index in [0.29, 0.717) is 10.8 Å². The van der Waals surface area contributed by atoms with E-state index >= 15 is 0 Å². The quantitative estimate of drug-likeness (QED) is 0.756. The first-order valence-corrected chi connectivity index (χ1v) is 8.81. The molecule has 0 aromatic heterocycles. The largest absolute Gasteiger partial charge is 0.317 e. The van der Waals surface area contributed by atoms with Gasteiger partial charge in [-0.2, -0.15) is 0 Å². The van der Waals surface area contributed by atoms with Gasteiger partial charge < -0.3 is 5.32 Å². The second-order valence-electron chi connectivity index (χ2n) is 5.64. The van der Waals surface area contributed by atoms with E-state index < -0.39 is 10.0 Å². The molecule has 0 spiro atoms. The van der Waals surface area contributed by atoms with Crippen molar-refractivity contribution in [2.24, 2.45) is 5.92 Å². The summed E-state index contributed by atoms with van der Waals surface area (Å²) in [4.78, 5) is 0.365. The fraction of sp³-hybridized carbons (Fsp3) is 0.600. The van der Waals surface area contributed by atoms with E-state index in [1.165, 1.54) is 0 Å². The zero-order valence-electron chi connectivity index (χ0n) is 12.2. The Morgan fingerprint density at radius 3 is 2.40 bits per heavy atom. The van der Waals surface area contributed by atoms with Gasteiger partial charge in [-0.25, -0.2) is 13.1 Å². The minimum atomic E-state index is -3.35. The molecular weight excluding hydrogens is 272 g/mol. The summed E-state index contributed by atoms with van der Waals surface area (Å²) in [5.41, 5.74) is 1.15. The van der Waals surface area contributed by atoms with Crippen molar-refractivity contribution in [1.29, 1.82) is 0 Å². The number of nitrogens with one attached hydrogen (secondary N) is 2. The summed E-state index contributed by atoms with van der Waals surface area (Å²) in [6.07, 6.45) is 2.81. The predicted octanol–water partition coefficient (Wildman–Crippen LogP) is 1.92. The highest BCUT2D eigenvalue weighted by Gasteiger charge is 2.29. The van der Waals surface area contributed by atoms with E-state index in [1.54, 1.807) is 12.1 Å². The van der Waals surface area contributed by atoms with Crippen molar-refractivity contribution >= 4 is 10.0 Å². The first-order chi connectivity index (χ1) is 9.51. The Bertz CT molecular complexity index is 519. The van der Waals surface area contributed by atoms with Crippen molar-refractivity contribution < 1.29 is 8.42 Å². The van der Waals surface area contributed by atoms with E-state index in [4.69, 9.17) is 0 Å². The Labute approximate surface area is 122 Å². The van der Waals surface area contributed by atoms with Crippen LogP contribution < -0.4 is 10.0 Å². The van der Waals surface area contributed by atoms with E-state index in [0.717, 1.165) is 37.9 Å². The van der Waals surface area contributed by atoms with Crippen molar-refractivity contribution in [3.05, 3.63) is 29.8 Å². The van der Waals surface area contributed by atoms with Crippen LogP contribution >= 0.6 is 0 Å². The molecule has 1 aliphatic rings. The Morgan fingerprint density at radius 1 is 1.20 bits per heavy atom. The molecule has 0 heterocycles. The number of likely N-dealkylation sites (N-methyl/N-ethyl adjacent to an activating group) is 1. The Balaban J connectivity index is 1.94. The number of benzene rings is 1. The molecule has 1 aromatic carbocycles. The molecule has 1 aliphatic carbocycles. The van der Waals surface area contributed by atoms with Crippen molar-refractivity contribution in [2.45, 2.75) is 44.0 Å². The summed E-state index contributed by atoms with van der Waals surface area (Å²) in [5.74, 6) is 0.635. The molecule has 0 aliphatic heterocycles. The molecule has 4 nitrogen and oxygen atoms in total. The Morgan fingerprint density at radius 2 is 1.85 bits per heavy atom. The molecule has 1 saturated carbocycles. The molecule has 0 amide bonds. The summed E-state index contributed by atoms with van der Waals surface area (Å²) in [5, 5.41) is 3.26. The minimum absolute atomic E-state index is 0.114. The second kappa shape index (κ2) is 6.70. The zero-order valence-corrected chi connectivity index (χ0v) is 13.0. The summed E-state index contributed by atoms with van der Waals surface area (Å²) in [6, 6.07) is 7.31.